The third-order valence-electron chi connectivity index (χ3n) is 1.45. The van der Waals surface area contributed by atoms with Crippen molar-refractivity contribution in [2.24, 2.45) is 0 Å². The Morgan fingerprint density at radius 3 is 2.62 bits per heavy atom. The fourth-order valence-electron chi connectivity index (χ4n) is 0.592. The van der Waals surface area contributed by atoms with Gasteiger partial charge in [-0.1, -0.05) is 6.08 Å². The van der Waals surface area contributed by atoms with Crippen LogP contribution in [0, 0.1) is 0 Å². The van der Waals surface area contributed by atoms with Gasteiger partial charge in [-0.25, -0.2) is 4.79 Å². The lowest BCUT2D eigenvalue weighted by Gasteiger charge is -2.04. The van der Waals surface area contributed by atoms with Crippen molar-refractivity contribution in [3.05, 3.63) is 11.6 Å². The van der Waals surface area contributed by atoms with Gasteiger partial charge < -0.3 is 14.6 Å². The Morgan fingerprint density at radius 1 is 1.38 bits per heavy atom. The van der Waals surface area contributed by atoms with Crippen LogP contribution in [-0.2, 0) is 14.3 Å². The first-order chi connectivity index (χ1) is 6.22. The van der Waals surface area contributed by atoms with E-state index in [9.17, 15) is 4.79 Å². The molecule has 0 aliphatic heterocycles. The van der Waals surface area contributed by atoms with Crippen LogP contribution in [0.15, 0.2) is 11.6 Å². The summed E-state index contributed by atoms with van der Waals surface area (Å²) in [6.07, 6.45) is 1.69. The second kappa shape index (κ2) is 7.76. The number of hydrogen-bond donors (Lipinski definition) is 1. The molecule has 0 aromatic rings. The van der Waals surface area contributed by atoms with Gasteiger partial charge in [0, 0.05) is 5.57 Å². The Balaban J connectivity index is 3.38. The van der Waals surface area contributed by atoms with E-state index in [1.165, 1.54) is 0 Å². The highest BCUT2D eigenvalue weighted by Gasteiger charge is 2.02. The van der Waals surface area contributed by atoms with Gasteiger partial charge in [-0.2, -0.15) is 0 Å². The third kappa shape index (κ3) is 6.31. The molecule has 0 radical (unpaired) electrons. The summed E-state index contributed by atoms with van der Waals surface area (Å²) >= 11 is 0. The van der Waals surface area contributed by atoms with Crippen molar-refractivity contribution in [2.75, 3.05) is 26.4 Å². The zero-order valence-corrected chi connectivity index (χ0v) is 8.08. The molecule has 0 spiro atoms. The first kappa shape index (κ1) is 12.1. The highest BCUT2D eigenvalue weighted by atomic mass is 16.6. The van der Waals surface area contributed by atoms with E-state index in [-0.39, 0.29) is 25.8 Å². The number of hydrogen-bond acceptors (Lipinski definition) is 4. The highest BCUT2D eigenvalue weighted by Crippen LogP contribution is 1.95. The first-order valence-electron chi connectivity index (χ1n) is 4.21. The molecule has 4 nitrogen and oxygen atoms in total. The zero-order valence-electron chi connectivity index (χ0n) is 8.08. The molecule has 0 saturated carbocycles. The SMILES string of the molecule is CC=C(C)C(=O)OCCOCCO. The monoisotopic (exact) mass is 188 g/mol. The Labute approximate surface area is 78.2 Å². The molecule has 0 aromatic heterocycles. The molecule has 0 saturated heterocycles. The average Bonchev–Trinajstić information content (AvgIpc) is 2.16. The first-order valence-corrected chi connectivity index (χ1v) is 4.21. The number of carbonyl (C=O) groups is 1. The van der Waals surface area contributed by atoms with Gasteiger partial charge >= 0.3 is 5.97 Å². The van der Waals surface area contributed by atoms with E-state index in [0.29, 0.717) is 12.2 Å². The predicted molar refractivity (Wildman–Crippen MR) is 48.3 cm³/mol. The van der Waals surface area contributed by atoms with Crippen molar-refractivity contribution in [1.82, 2.24) is 0 Å². The summed E-state index contributed by atoms with van der Waals surface area (Å²) in [6, 6.07) is 0. The van der Waals surface area contributed by atoms with Crippen LogP contribution in [0.25, 0.3) is 0 Å². The summed E-state index contributed by atoms with van der Waals surface area (Å²) in [6.45, 7) is 4.28. The summed E-state index contributed by atoms with van der Waals surface area (Å²) in [5, 5.41) is 8.36. The van der Waals surface area contributed by atoms with E-state index >= 15 is 0 Å². The number of esters is 1. The summed E-state index contributed by atoms with van der Waals surface area (Å²) in [4.78, 5) is 11.0. The number of carbonyl (C=O) groups excluding carboxylic acids is 1. The minimum atomic E-state index is -0.324. The zero-order chi connectivity index (χ0) is 10.1. The van der Waals surface area contributed by atoms with Crippen LogP contribution < -0.4 is 0 Å². The maximum Gasteiger partial charge on any atom is 0.333 e. The molecular formula is C9H16O4. The van der Waals surface area contributed by atoms with Crippen LogP contribution in [0.5, 0.6) is 0 Å². The van der Waals surface area contributed by atoms with E-state index in [1.807, 2.05) is 0 Å². The van der Waals surface area contributed by atoms with E-state index in [1.54, 1.807) is 19.9 Å². The van der Waals surface area contributed by atoms with Crippen molar-refractivity contribution in [1.29, 1.82) is 0 Å². The Bertz CT molecular complexity index is 174. The molecular weight excluding hydrogens is 172 g/mol. The molecule has 0 atom stereocenters. The molecule has 0 heterocycles. The van der Waals surface area contributed by atoms with Crippen LogP contribution in [0.3, 0.4) is 0 Å². The molecule has 13 heavy (non-hydrogen) atoms. The molecule has 0 aromatic carbocycles. The third-order valence-corrected chi connectivity index (χ3v) is 1.45. The fraction of sp³-hybridized carbons (Fsp3) is 0.667. The van der Waals surface area contributed by atoms with Gasteiger partial charge in [-0.3, -0.25) is 0 Å². The molecule has 1 N–H and O–H groups in total. The molecule has 0 unspecified atom stereocenters. The number of allylic oxidation sites excluding steroid dienone is 1. The lowest BCUT2D eigenvalue weighted by molar-refractivity contribution is -0.140. The normalized spacial score (nSPS) is 11.5. The van der Waals surface area contributed by atoms with Crippen LogP contribution in [0.1, 0.15) is 13.8 Å². The molecule has 0 bridgehead atoms. The topological polar surface area (TPSA) is 55.8 Å². The molecule has 4 heteroatoms. The average molecular weight is 188 g/mol. The minimum Gasteiger partial charge on any atom is -0.460 e. The minimum absolute atomic E-state index is 0.0121. The maximum atomic E-state index is 11.0. The van der Waals surface area contributed by atoms with Gasteiger partial charge in [0.2, 0.25) is 0 Å². The largest absolute Gasteiger partial charge is 0.460 e. The molecule has 76 valence electrons. The van der Waals surface area contributed by atoms with E-state index in [0.717, 1.165) is 0 Å². The quantitative estimate of drug-likeness (QED) is 0.375. The van der Waals surface area contributed by atoms with E-state index in [4.69, 9.17) is 14.6 Å². The Morgan fingerprint density at radius 2 is 2.08 bits per heavy atom. The lowest BCUT2D eigenvalue weighted by atomic mass is 10.3. The summed E-state index contributed by atoms with van der Waals surface area (Å²) in [5.41, 5.74) is 0.585. The van der Waals surface area contributed by atoms with Crippen molar-refractivity contribution < 1.29 is 19.4 Å². The lowest BCUT2D eigenvalue weighted by Crippen LogP contribution is -2.12. The molecule has 0 amide bonds. The van der Waals surface area contributed by atoms with E-state index in [2.05, 4.69) is 0 Å². The van der Waals surface area contributed by atoms with Gasteiger partial charge in [0.15, 0.2) is 0 Å². The number of aliphatic hydroxyl groups excluding tert-OH is 1. The highest BCUT2D eigenvalue weighted by molar-refractivity contribution is 5.87. The van der Waals surface area contributed by atoms with Crippen LogP contribution in [-0.4, -0.2) is 37.5 Å². The van der Waals surface area contributed by atoms with Crippen LogP contribution >= 0.6 is 0 Å². The van der Waals surface area contributed by atoms with Gasteiger partial charge in [0.1, 0.15) is 6.61 Å². The molecule has 0 aliphatic carbocycles. The summed E-state index contributed by atoms with van der Waals surface area (Å²) in [5.74, 6) is -0.324. The second-order valence-corrected chi connectivity index (χ2v) is 2.44. The maximum absolute atomic E-state index is 11.0. The van der Waals surface area contributed by atoms with Gasteiger partial charge in [0.05, 0.1) is 19.8 Å². The smallest absolute Gasteiger partial charge is 0.333 e. The van der Waals surface area contributed by atoms with Crippen LogP contribution in [0.2, 0.25) is 0 Å². The van der Waals surface area contributed by atoms with Crippen molar-refractivity contribution in [3.63, 3.8) is 0 Å². The Kier molecular flexibility index (Phi) is 7.24. The predicted octanol–water partition coefficient (Wildman–Crippen LogP) is 0.505. The number of rotatable bonds is 6. The fourth-order valence-corrected chi connectivity index (χ4v) is 0.592. The van der Waals surface area contributed by atoms with E-state index < -0.39 is 0 Å². The molecule has 0 rings (SSSR count). The van der Waals surface area contributed by atoms with Gasteiger partial charge in [-0.05, 0) is 13.8 Å². The van der Waals surface area contributed by atoms with Gasteiger partial charge in [-0.15, -0.1) is 0 Å². The molecule has 0 aliphatic rings. The van der Waals surface area contributed by atoms with Gasteiger partial charge in [0.25, 0.3) is 0 Å². The molecule has 0 fully saturated rings. The van der Waals surface area contributed by atoms with Crippen molar-refractivity contribution >= 4 is 5.97 Å². The van der Waals surface area contributed by atoms with Crippen molar-refractivity contribution in [3.8, 4) is 0 Å². The number of ether oxygens (including phenoxy) is 2. The van der Waals surface area contributed by atoms with Crippen LogP contribution in [0.4, 0.5) is 0 Å². The Hall–Kier alpha value is -0.870. The van der Waals surface area contributed by atoms with Crippen molar-refractivity contribution in [2.45, 2.75) is 13.8 Å². The summed E-state index contributed by atoms with van der Waals surface area (Å²) < 4.78 is 9.73. The summed E-state index contributed by atoms with van der Waals surface area (Å²) in [7, 11) is 0. The standard InChI is InChI=1S/C9H16O4/c1-3-8(2)9(11)13-7-6-12-5-4-10/h3,10H,4-7H2,1-2H3. The number of aliphatic hydroxyl groups is 1. The second-order valence-electron chi connectivity index (χ2n) is 2.44.